The number of hydrogen-bond donors (Lipinski definition) is 2. The first kappa shape index (κ1) is 16.1. The van der Waals surface area contributed by atoms with Gasteiger partial charge in [-0.25, -0.2) is 4.79 Å². The van der Waals surface area contributed by atoms with Crippen molar-refractivity contribution >= 4 is 23.8 Å². The molecule has 0 bridgehead atoms. The average molecular weight is 288 g/mol. The lowest BCUT2D eigenvalue weighted by molar-refractivity contribution is -0.137. The molecule has 1 rings (SSSR count). The second-order valence-electron chi connectivity index (χ2n) is 5.12. The number of carboxylic acids is 1. The van der Waals surface area contributed by atoms with Crippen LogP contribution in [0.5, 0.6) is 0 Å². The molecule has 0 aliphatic heterocycles. The van der Waals surface area contributed by atoms with Crippen LogP contribution in [0.3, 0.4) is 0 Å². The third-order valence-corrected chi connectivity index (χ3v) is 4.31. The fraction of sp³-hybridized carbons (Fsp3) is 0.846. The van der Waals surface area contributed by atoms with Gasteiger partial charge in [-0.3, -0.25) is 4.79 Å². The van der Waals surface area contributed by atoms with Gasteiger partial charge in [0, 0.05) is 24.9 Å². The van der Waals surface area contributed by atoms with E-state index in [9.17, 15) is 9.59 Å². The minimum absolute atomic E-state index is 0.0174. The van der Waals surface area contributed by atoms with Crippen LogP contribution in [0.2, 0.25) is 0 Å². The average Bonchev–Trinajstić information content (AvgIpc) is 3.17. The van der Waals surface area contributed by atoms with E-state index in [1.165, 1.54) is 0 Å². The van der Waals surface area contributed by atoms with Gasteiger partial charge in [-0.2, -0.15) is 11.8 Å². The van der Waals surface area contributed by atoms with Crippen LogP contribution < -0.4 is 5.32 Å². The van der Waals surface area contributed by atoms with Gasteiger partial charge in [0.15, 0.2) is 0 Å². The van der Waals surface area contributed by atoms with Gasteiger partial charge in [-0.05, 0) is 31.4 Å². The van der Waals surface area contributed by atoms with E-state index in [2.05, 4.69) is 12.2 Å². The van der Waals surface area contributed by atoms with Crippen LogP contribution in [0.4, 0.5) is 4.79 Å². The van der Waals surface area contributed by atoms with Gasteiger partial charge in [0.1, 0.15) is 0 Å². The zero-order valence-corrected chi connectivity index (χ0v) is 12.7. The van der Waals surface area contributed by atoms with Crippen molar-refractivity contribution < 1.29 is 14.7 Å². The summed E-state index contributed by atoms with van der Waals surface area (Å²) >= 11 is 1.71. The number of nitrogens with one attached hydrogen (secondary N) is 1. The number of nitrogens with zero attached hydrogens (tertiary/aromatic N) is 1. The van der Waals surface area contributed by atoms with E-state index in [-0.39, 0.29) is 24.5 Å². The Hall–Kier alpha value is -0.910. The van der Waals surface area contributed by atoms with E-state index >= 15 is 0 Å². The highest BCUT2D eigenvalue weighted by Crippen LogP contribution is 2.34. The topological polar surface area (TPSA) is 69.6 Å². The third-order valence-electron chi connectivity index (χ3n) is 3.59. The molecule has 0 radical (unpaired) electrons. The molecule has 0 aromatic carbocycles. The van der Waals surface area contributed by atoms with E-state index < -0.39 is 5.97 Å². The molecule has 1 aliphatic carbocycles. The maximum absolute atomic E-state index is 12.2. The molecule has 0 aromatic rings. The quantitative estimate of drug-likeness (QED) is 0.717. The van der Waals surface area contributed by atoms with Crippen LogP contribution in [-0.4, -0.2) is 53.1 Å². The normalized spacial score (nSPS) is 17.6. The monoisotopic (exact) mass is 288 g/mol. The van der Waals surface area contributed by atoms with E-state index in [0.717, 1.165) is 25.0 Å². The van der Waals surface area contributed by atoms with Crippen molar-refractivity contribution in [1.29, 1.82) is 0 Å². The third kappa shape index (κ3) is 5.30. The Kier molecular flexibility index (Phi) is 6.48. The second kappa shape index (κ2) is 7.62. The van der Waals surface area contributed by atoms with Crippen LogP contribution >= 0.6 is 11.8 Å². The fourth-order valence-electron chi connectivity index (χ4n) is 2.14. The van der Waals surface area contributed by atoms with Gasteiger partial charge in [0.2, 0.25) is 0 Å². The lowest BCUT2D eigenvalue weighted by Crippen LogP contribution is -2.49. The molecule has 0 aromatic heterocycles. The summed E-state index contributed by atoms with van der Waals surface area (Å²) in [4.78, 5) is 24.7. The Bertz CT molecular complexity index is 321. The lowest BCUT2D eigenvalue weighted by atomic mass is 10.1. The highest BCUT2D eigenvalue weighted by Gasteiger charge is 2.34. The Morgan fingerprint density at radius 3 is 2.53 bits per heavy atom. The number of thioether (sulfide) groups is 1. The number of carboxylic acid groups (broad SMARTS) is 1. The number of carbonyl (C=O) groups excluding carboxylic acids is 1. The number of aliphatic carboxylic acids is 1. The molecule has 1 fully saturated rings. The minimum atomic E-state index is -0.851. The first-order chi connectivity index (χ1) is 8.99. The summed E-state index contributed by atoms with van der Waals surface area (Å²) in [5.74, 6) is 0.387. The fourth-order valence-corrected chi connectivity index (χ4v) is 2.99. The Morgan fingerprint density at radius 2 is 2.11 bits per heavy atom. The lowest BCUT2D eigenvalue weighted by Gasteiger charge is -2.29. The Labute approximate surface area is 119 Å². The molecule has 19 heavy (non-hydrogen) atoms. The SMILES string of the molecule is CCC(CSC)N(C)C(=O)NC(CC(=O)O)C1CC1. The molecule has 110 valence electrons. The maximum Gasteiger partial charge on any atom is 0.317 e. The van der Waals surface area contributed by atoms with Crippen LogP contribution in [0.1, 0.15) is 32.6 Å². The van der Waals surface area contributed by atoms with Crippen molar-refractivity contribution in [2.45, 2.75) is 44.7 Å². The summed E-state index contributed by atoms with van der Waals surface area (Å²) < 4.78 is 0. The summed E-state index contributed by atoms with van der Waals surface area (Å²) in [5, 5.41) is 11.8. The summed E-state index contributed by atoms with van der Waals surface area (Å²) in [6.45, 7) is 2.06. The van der Waals surface area contributed by atoms with Gasteiger partial charge < -0.3 is 15.3 Å². The maximum atomic E-state index is 12.2. The van der Waals surface area contributed by atoms with E-state index in [0.29, 0.717) is 5.92 Å². The Morgan fingerprint density at radius 1 is 1.47 bits per heavy atom. The number of hydrogen-bond acceptors (Lipinski definition) is 3. The molecule has 0 spiro atoms. The molecule has 2 N–H and O–H groups in total. The standard InChI is InChI=1S/C13H24N2O3S/c1-4-10(8-19-3)15(2)13(18)14-11(7-12(16)17)9-5-6-9/h9-11H,4-8H2,1-3H3,(H,14,18)(H,16,17). The summed E-state index contributed by atoms with van der Waals surface area (Å²) in [7, 11) is 1.78. The minimum Gasteiger partial charge on any atom is -0.481 e. The second-order valence-corrected chi connectivity index (χ2v) is 6.03. The Balaban J connectivity index is 2.52. The molecule has 2 atom stereocenters. The predicted octanol–water partition coefficient (Wildman–Crippen LogP) is 2.02. The first-order valence-electron chi connectivity index (χ1n) is 6.73. The van der Waals surface area contributed by atoms with Crippen molar-refractivity contribution in [2.24, 2.45) is 5.92 Å². The molecule has 5 nitrogen and oxygen atoms in total. The molecule has 0 saturated heterocycles. The molecule has 2 amide bonds. The molecular formula is C13H24N2O3S. The van der Waals surface area contributed by atoms with Crippen LogP contribution in [0.15, 0.2) is 0 Å². The van der Waals surface area contributed by atoms with Gasteiger partial charge in [-0.1, -0.05) is 6.92 Å². The van der Waals surface area contributed by atoms with Crippen LogP contribution in [-0.2, 0) is 4.79 Å². The van der Waals surface area contributed by atoms with Gasteiger partial charge in [-0.15, -0.1) is 0 Å². The highest BCUT2D eigenvalue weighted by molar-refractivity contribution is 7.98. The number of rotatable bonds is 8. The van der Waals surface area contributed by atoms with Gasteiger partial charge in [0.25, 0.3) is 0 Å². The van der Waals surface area contributed by atoms with Crippen molar-refractivity contribution in [3.8, 4) is 0 Å². The van der Waals surface area contributed by atoms with Crippen molar-refractivity contribution in [3.05, 3.63) is 0 Å². The zero-order chi connectivity index (χ0) is 14.4. The first-order valence-corrected chi connectivity index (χ1v) is 8.13. The van der Waals surface area contributed by atoms with Gasteiger partial charge >= 0.3 is 12.0 Å². The van der Waals surface area contributed by atoms with E-state index in [1.54, 1.807) is 23.7 Å². The number of amides is 2. The van der Waals surface area contributed by atoms with Gasteiger partial charge in [0.05, 0.1) is 6.42 Å². The molecular weight excluding hydrogens is 264 g/mol. The largest absolute Gasteiger partial charge is 0.481 e. The summed E-state index contributed by atoms with van der Waals surface area (Å²) in [6.07, 6.45) is 4.97. The molecule has 0 heterocycles. The summed E-state index contributed by atoms with van der Waals surface area (Å²) in [6, 6.07) is -0.182. The molecule has 2 unspecified atom stereocenters. The predicted molar refractivity (Wildman–Crippen MR) is 77.5 cm³/mol. The van der Waals surface area contributed by atoms with Crippen LogP contribution in [0, 0.1) is 5.92 Å². The summed E-state index contributed by atoms with van der Waals surface area (Å²) in [5.41, 5.74) is 0. The van der Waals surface area contributed by atoms with E-state index in [1.807, 2.05) is 6.26 Å². The molecule has 6 heteroatoms. The van der Waals surface area contributed by atoms with Crippen LogP contribution in [0.25, 0.3) is 0 Å². The van der Waals surface area contributed by atoms with Crippen molar-refractivity contribution in [2.75, 3.05) is 19.1 Å². The highest BCUT2D eigenvalue weighted by atomic mass is 32.2. The molecule has 1 aliphatic rings. The number of carbonyl (C=O) groups is 2. The van der Waals surface area contributed by atoms with E-state index in [4.69, 9.17) is 5.11 Å². The zero-order valence-electron chi connectivity index (χ0n) is 11.9. The molecule has 1 saturated carbocycles. The van der Waals surface area contributed by atoms with Crippen molar-refractivity contribution in [1.82, 2.24) is 10.2 Å². The smallest absolute Gasteiger partial charge is 0.317 e. The number of urea groups is 1. The van der Waals surface area contributed by atoms with Crippen molar-refractivity contribution in [3.63, 3.8) is 0 Å².